The van der Waals surface area contributed by atoms with Crippen LogP contribution >= 0.6 is 0 Å². The first kappa shape index (κ1) is 12.2. The monoisotopic (exact) mass is 242 g/mol. The molecule has 0 saturated carbocycles. The van der Waals surface area contributed by atoms with Gasteiger partial charge >= 0.3 is 6.09 Å². The number of hydrogen-bond donors (Lipinski definition) is 1. The summed E-state index contributed by atoms with van der Waals surface area (Å²) < 4.78 is 5.25. The van der Waals surface area contributed by atoms with Gasteiger partial charge in [0.15, 0.2) is 0 Å². The molecule has 4 nitrogen and oxygen atoms in total. The van der Waals surface area contributed by atoms with Crippen LogP contribution in [-0.4, -0.2) is 12.2 Å². The van der Waals surface area contributed by atoms with E-state index in [9.17, 15) is 4.79 Å². The highest BCUT2D eigenvalue weighted by Crippen LogP contribution is 2.15. The molecule has 0 heterocycles. The lowest BCUT2D eigenvalue weighted by Gasteiger charge is -2.17. The van der Waals surface area contributed by atoms with Gasteiger partial charge in [-0.05, 0) is 49.6 Å². The van der Waals surface area contributed by atoms with E-state index >= 15 is 0 Å². The fourth-order valence-corrected chi connectivity index (χ4v) is 1.79. The lowest BCUT2D eigenvalue weighted by molar-refractivity contribution is 0.126. The molecule has 1 unspecified atom stereocenters. The molecule has 1 aromatic rings. The van der Waals surface area contributed by atoms with E-state index in [1.807, 2.05) is 18.2 Å². The molecule has 1 aliphatic rings. The van der Waals surface area contributed by atoms with Crippen molar-refractivity contribution in [1.82, 2.24) is 0 Å². The summed E-state index contributed by atoms with van der Waals surface area (Å²) in [5, 5.41) is 11.3. The zero-order valence-electron chi connectivity index (χ0n) is 9.93. The Morgan fingerprint density at radius 3 is 2.78 bits per heavy atom. The van der Waals surface area contributed by atoms with Crippen LogP contribution in [0.25, 0.3) is 0 Å². The summed E-state index contributed by atoms with van der Waals surface area (Å²) in [6.07, 6.45) is 6.33. The summed E-state index contributed by atoms with van der Waals surface area (Å²) in [4.78, 5) is 11.6. The molecule has 4 heteroatoms. The summed E-state index contributed by atoms with van der Waals surface area (Å²) in [6.45, 7) is 0. The first-order valence-corrected chi connectivity index (χ1v) is 5.92. The molecule has 0 fully saturated rings. The standard InChI is InChI=1S/C14H14N2O2/c15-10-11-6-8-12(9-7-11)16-14(17)18-13-4-2-1-3-5-13/h2,4,6-9,13H,1,3,5H2,(H,16,17). The Kier molecular flexibility index (Phi) is 3.98. The molecule has 0 radical (unpaired) electrons. The van der Waals surface area contributed by atoms with Crippen LogP contribution in [0.4, 0.5) is 10.5 Å². The molecule has 18 heavy (non-hydrogen) atoms. The highest BCUT2D eigenvalue weighted by atomic mass is 16.6. The van der Waals surface area contributed by atoms with Crippen molar-refractivity contribution in [1.29, 1.82) is 5.26 Å². The maximum Gasteiger partial charge on any atom is 0.412 e. The van der Waals surface area contributed by atoms with Gasteiger partial charge in [-0.1, -0.05) is 6.08 Å². The quantitative estimate of drug-likeness (QED) is 0.810. The highest BCUT2D eigenvalue weighted by molar-refractivity contribution is 5.84. The smallest absolute Gasteiger partial charge is 0.412 e. The third-order valence-corrected chi connectivity index (χ3v) is 2.73. The van der Waals surface area contributed by atoms with Gasteiger partial charge in [-0.3, -0.25) is 5.32 Å². The SMILES string of the molecule is N#Cc1ccc(NC(=O)OC2C=CCCC2)cc1. The van der Waals surface area contributed by atoms with Crippen molar-refractivity contribution in [2.75, 3.05) is 5.32 Å². The first-order chi connectivity index (χ1) is 8.78. The molecular weight excluding hydrogens is 228 g/mol. The Morgan fingerprint density at radius 2 is 2.17 bits per heavy atom. The summed E-state index contributed by atoms with van der Waals surface area (Å²) in [6, 6.07) is 8.67. The van der Waals surface area contributed by atoms with Crippen molar-refractivity contribution in [3.8, 4) is 6.07 Å². The van der Waals surface area contributed by atoms with E-state index in [0.717, 1.165) is 19.3 Å². The van der Waals surface area contributed by atoms with E-state index in [1.165, 1.54) is 0 Å². The summed E-state index contributed by atoms with van der Waals surface area (Å²) in [7, 11) is 0. The Hall–Kier alpha value is -2.28. The second-order valence-corrected chi connectivity index (χ2v) is 4.12. The molecule has 0 bridgehead atoms. The lowest BCUT2D eigenvalue weighted by Crippen LogP contribution is -2.22. The topological polar surface area (TPSA) is 62.1 Å². The molecular formula is C14H14N2O2. The number of hydrogen-bond acceptors (Lipinski definition) is 3. The van der Waals surface area contributed by atoms with Crippen molar-refractivity contribution in [2.24, 2.45) is 0 Å². The van der Waals surface area contributed by atoms with Crippen molar-refractivity contribution in [2.45, 2.75) is 25.4 Å². The van der Waals surface area contributed by atoms with Crippen molar-refractivity contribution < 1.29 is 9.53 Å². The van der Waals surface area contributed by atoms with E-state index in [4.69, 9.17) is 10.00 Å². The molecule has 0 aliphatic heterocycles. The van der Waals surface area contributed by atoms with Gasteiger partial charge in [0.05, 0.1) is 11.6 Å². The summed E-state index contributed by atoms with van der Waals surface area (Å²) in [5.41, 5.74) is 1.18. The predicted octanol–water partition coefficient (Wildman–Crippen LogP) is 3.22. The predicted molar refractivity (Wildman–Crippen MR) is 68.0 cm³/mol. The Balaban J connectivity index is 1.88. The minimum absolute atomic E-state index is 0.128. The fraction of sp³-hybridized carbons (Fsp3) is 0.286. The van der Waals surface area contributed by atoms with Gasteiger partial charge < -0.3 is 4.74 Å². The van der Waals surface area contributed by atoms with Crippen LogP contribution in [0.1, 0.15) is 24.8 Å². The van der Waals surface area contributed by atoms with Crippen LogP contribution < -0.4 is 5.32 Å². The maximum atomic E-state index is 11.6. The van der Waals surface area contributed by atoms with Crippen LogP contribution in [-0.2, 0) is 4.74 Å². The van der Waals surface area contributed by atoms with E-state index in [2.05, 4.69) is 5.32 Å². The lowest BCUT2D eigenvalue weighted by atomic mass is 10.1. The molecule has 1 aliphatic carbocycles. The van der Waals surface area contributed by atoms with Crippen LogP contribution in [0, 0.1) is 11.3 Å². The van der Waals surface area contributed by atoms with E-state index < -0.39 is 6.09 Å². The number of nitriles is 1. The van der Waals surface area contributed by atoms with Gasteiger partial charge in [0, 0.05) is 5.69 Å². The van der Waals surface area contributed by atoms with E-state index in [-0.39, 0.29) is 6.10 Å². The largest absolute Gasteiger partial charge is 0.442 e. The van der Waals surface area contributed by atoms with E-state index in [1.54, 1.807) is 24.3 Å². The number of anilines is 1. The third-order valence-electron chi connectivity index (χ3n) is 2.73. The third kappa shape index (κ3) is 3.36. The number of rotatable bonds is 2. The molecule has 1 aromatic carbocycles. The average Bonchev–Trinajstić information content (AvgIpc) is 2.40. The van der Waals surface area contributed by atoms with Crippen LogP contribution in [0.3, 0.4) is 0 Å². The normalized spacial score (nSPS) is 17.8. The molecule has 0 spiro atoms. The minimum Gasteiger partial charge on any atom is -0.442 e. The molecule has 92 valence electrons. The fourth-order valence-electron chi connectivity index (χ4n) is 1.79. The molecule has 2 rings (SSSR count). The highest BCUT2D eigenvalue weighted by Gasteiger charge is 2.13. The number of nitrogens with one attached hydrogen (secondary N) is 1. The Bertz CT molecular complexity index is 486. The number of amides is 1. The van der Waals surface area contributed by atoms with Crippen molar-refractivity contribution >= 4 is 11.8 Å². The zero-order valence-corrected chi connectivity index (χ0v) is 9.93. The summed E-state index contributed by atoms with van der Waals surface area (Å²) in [5.74, 6) is 0. The average molecular weight is 242 g/mol. The molecule has 1 N–H and O–H groups in total. The Labute approximate surface area is 106 Å². The van der Waals surface area contributed by atoms with Gasteiger partial charge in [-0.15, -0.1) is 0 Å². The number of nitrogens with zero attached hydrogens (tertiary/aromatic N) is 1. The Morgan fingerprint density at radius 1 is 1.39 bits per heavy atom. The second kappa shape index (κ2) is 5.87. The van der Waals surface area contributed by atoms with E-state index in [0.29, 0.717) is 11.3 Å². The molecule has 0 saturated heterocycles. The van der Waals surface area contributed by atoms with Crippen LogP contribution in [0.5, 0.6) is 0 Å². The van der Waals surface area contributed by atoms with Crippen molar-refractivity contribution in [3.05, 3.63) is 42.0 Å². The van der Waals surface area contributed by atoms with Gasteiger partial charge in [-0.25, -0.2) is 4.79 Å². The van der Waals surface area contributed by atoms with Gasteiger partial charge in [-0.2, -0.15) is 5.26 Å². The molecule has 0 aromatic heterocycles. The van der Waals surface area contributed by atoms with Crippen LogP contribution in [0.2, 0.25) is 0 Å². The zero-order chi connectivity index (χ0) is 12.8. The summed E-state index contributed by atoms with van der Waals surface area (Å²) >= 11 is 0. The number of ether oxygens (including phenoxy) is 1. The first-order valence-electron chi connectivity index (χ1n) is 5.92. The minimum atomic E-state index is -0.462. The van der Waals surface area contributed by atoms with Crippen LogP contribution in [0.15, 0.2) is 36.4 Å². The second-order valence-electron chi connectivity index (χ2n) is 4.12. The molecule has 1 atom stereocenters. The number of benzene rings is 1. The maximum absolute atomic E-state index is 11.6. The van der Waals surface area contributed by atoms with Crippen molar-refractivity contribution in [3.63, 3.8) is 0 Å². The van der Waals surface area contributed by atoms with Gasteiger partial charge in [0.2, 0.25) is 0 Å². The number of carbonyl (C=O) groups excluding carboxylic acids is 1. The van der Waals surface area contributed by atoms with Gasteiger partial charge in [0.1, 0.15) is 6.10 Å². The van der Waals surface area contributed by atoms with Gasteiger partial charge in [0.25, 0.3) is 0 Å². The number of allylic oxidation sites excluding steroid dienone is 1. The molecule has 1 amide bonds. The number of carbonyl (C=O) groups is 1.